The lowest BCUT2D eigenvalue weighted by Gasteiger charge is -2.05. The third-order valence-electron chi connectivity index (χ3n) is 0.960. The molecule has 60 valence electrons. The van der Waals surface area contributed by atoms with E-state index in [0.717, 1.165) is 0 Å². The molecule has 3 N–H and O–H groups in total. The standard InChI is InChI=1S/C6H14N2OS/c1-5(7)4-8-6(9)2-3-10/h5,10H,2-4,7H2,1H3,(H,8,9). The number of nitrogens with one attached hydrogen (secondary N) is 1. The van der Waals surface area contributed by atoms with Crippen LogP contribution >= 0.6 is 12.6 Å². The molecule has 0 aromatic heterocycles. The van der Waals surface area contributed by atoms with Crippen molar-refractivity contribution in [3.63, 3.8) is 0 Å². The van der Waals surface area contributed by atoms with Crippen molar-refractivity contribution in [3.8, 4) is 0 Å². The van der Waals surface area contributed by atoms with Gasteiger partial charge in [0, 0.05) is 19.0 Å². The summed E-state index contributed by atoms with van der Waals surface area (Å²) in [6.45, 7) is 2.40. The van der Waals surface area contributed by atoms with Gasteiger partial charge < -0.3 is 11.1 Å². The number of hydrogen-bond donors (Lipinski definition) is 3. The molecule has 0 aromatic rings. The summed E-state index contributed by atoms with van der Waals surface area (Å²) in [6, 6.07) is 0.0314. The van der Waals surface area contributed by atoms with Gasteiger partial charge in [0.1, 0.15) is 0 Å². The first-order chi connectivity index (χ1) is 4.66. The Kier molecular flexibility index (Phi) is 5.43. The summed E-state index contributed by atoms with van der Waals surface area (Å²) in [6.07, 6.45) is 0.468. The average Bonchev–Trinajstić information content (AvgIpc) is 1.85. The molecule has 0 saturated heterocycles. The summed E-state index contributed by atoms with van der Waals surface area (Å²) >= 11 is 3.91. The molecule has 4 heteroatoms. The molecule has 0 heterocycles. The normalized spacial score (nSPS) is 12.7. The lowest BCUT2D eigenvalue weighted by Crippen LogP contribution is -2.35. The van der Waals surface area contributed by atoms with E-state index in [2.05, 4.69) is 17.9 Å². The molecule has 0 aliphatic carbocycles. The predicted molar refractivity (Wildman–Crippen MR) is 45.1 cm³/mol. The van der Waals surface area contributed by atoms with Crippen LogP contribution in [0.2, 0.25) is 0 Å². The number of carbonyl (C=O) groups excluding carboxylic acids is 1. The summed E-state index contributed by atoms with van der Waals surface area (Å²) in [4.78, 5) is 10.7. The second-order valence-corrected chi connectivity index (χ2v) is 2.70. The van der Waals surface area contributed by atoms with Crippen LogP contribution in [0.3, 0.4) is 0 Å². The summed E-state index contributed by atoms with van der Waals surface area (Å²) < 4.78 is 0. The molecule has 0 bridgehead atoms. The molecule has 0 aliphatic rings. The summed E-state index contributed by atoms with van der Waals surface area (Å²) in [5.41, 5.74) is 5.40. The Morgan fingerprint density at radius 2 is 2.40 bits per heavy atom. The second-order valence-electron chi connectivity index (χ2n) is 2.25. The number of nitrogens with two attached hydrogens (primary N) is 1. The molecule has 3 nitrogen and oxygen atoms in total. The first-order valence-corrected chi connectivity index (χ1v) is 3.93. The Balaban J connectivity index is 3.22. The van der Waals surface area contributed by atoms with Crippen LogP contribution < -0.4 is 11.1 Å². The first-order valence-electron chi connectivity index (χ1n) is 3.30. The lowest BCUT2D eigenvalue weighted by atomic mass is 10.3. The molecule has 10 heavy (non-hydrogen) atoms. The maximum absolute atomic E-state index is 10.7. The van der Waals surface area contributed by atoms with E-state index in [1.54, 1.807) is 0 Å². The van der Waals surface area contributed by atoms with Gasteiger partial charge in [0.15, 0.2) is 0 Å². The van der Waals surface area contributed by atoms with Crippen LogP contribution in [0.4, 0.5) is 0 Å². The van der Waals surface area contributed by atoms with Crippen molar-refractivity contribution in [1.82, 2.24) is 5.32 Å². The van der Waals surface area contributed by atoms with E-state index in [1.807, 2.05) is 6.92 Å². The van der Waals surface area contributed by atoms with E-state index >= 15 is 0 Å². The minimum Gasteiger partial charge on any atom is -0.355 e. The second kappa shape index (κ2) is 5.56. The number of hydrogen-bond acceptors (Lipinski definition) is 3. The third kappa shape index (κ3) is 5.91. The summed E-state index contributed by atoms with van der Waals surface area (Å²) in [7, 11) is 0. The molecule has 0 radical (unpaired) electrons. The maximum Gasteiger partial charge on any atom is 0.220 e. The highest BCUT2D eigenvalue weighted by Gasteiger charge is 1.99. The van der Waals surface area contributed by atoms with Gasteiger partial charge in [-0.05, 0) is 12.7 Å². The summed E-state index contributed by atoms with van der Waals surface area (Å²) in [5.74, 6) is 0.609. The van der Waals surface area contributed by atoms with E-state index in [9.17, 15) is 4.79 Å². The molecular formula is C6H14N2OS. The fourth-order valence-corrected chi connectivity index (χ4v) is 0.668. The van der Waals surface area contributed by atoms with Crippen LogP contribution in [0.5, 0.6) is 0 Å². The van der Waals surface area contributed by atoms with Gasteiger partial charge in [-0.2, -0.15) is 12.6 Å². The van der Waals surface area contributed by atoms with Gasteiger partial charge in [0.05, 0.1) is 0 Å². The van der Waals surface area contributed by atoms with Gasteiger partial charge in [-0.15, -0.1) is 0 Å². The van der Waals surface area contributed by atoms with Crippen molar-refractivity contribution in [2.45, 2.75) is 19.4 Å². The average molecular weight is 162 g/mol. The quantitative estimate of drug-likeness (QED) is 0.500. The number of carbonyl (C=O) groups is 1. The number of amides is 1. The fraction of sp³-hybridized carbons (Fsp3) is 0.833. The Morgan fingerprint density at radius 3 is 2.80 bits per heavy atom. The van der Waals surface area contributed by atoms with E-state index in [1.165, 1.54) is 0 Å². The van der Waals surface area contributed by atoms with Gasteiger partial charge >= 0.3 is 0 Å². The van der Waals surface area contributed by atoms with Crippen molar-refractivity contribution in [1.29, 1.82) is 0 Å². The van der Waals surface area contributed by atoms with Crippen molar-refractivity contribution in [2.75, 3.05) is 12.3 Å². The Hall–Kier alpha value is -0.220. The van der Waals surface area contributed by atoms with Gasteiger partial charge in [-0.3, -0.25) is 4.79 Å². The Morgan fingerprint density at radius 1 is 1.80 bits per heavy atom. The van der Waals surface area contributed by atoms with Gasteiger partial charge in [-0.25, -0.2) is 0 Å². The van der Waals surface area contributed by atoms with Crippen molar-refractivity contribution in [3.05, 3.63) is 0 Å². The zero-order valence-corrected chi connectivity index (χ0v) is 7.03. The van der Waals surface area contributed by atoms with Crippen LogP contribution in [-0.2, 0) is 4.79 Å². The zero-order chi connectivity index (χ0) is 7.98. The first kappa shape index (κ1) is 9.78. The van der Waals surface area contributed by atoms with E-state index in [4.69, 9.17) is 5.73 Å². The monoisotopic (exact) mass is 162 g/mol. The number of thiol groups is 1. The van der Waals surface area contributed by atoms with Crippen molar-refractivity contribution >= 4 is 18.5 Å². The molecule has 1 atom stereocenters. The minimum absolute atomic E-state index is 0.0206. The third-order valence-corrected chi connectivity index (χ3v) is 1.18. The molecule has 1 unspecified atom stereocenters. The highest BCUT2D eigenvalue weighted by atomic mass is 32.1. The van der Waals surface area contributed by atoms with Crippen LogP contribution in [-0.4, -0.2) is 24.2 Å². The topological polar surface area (TPSA) is 55.1 Å². The van der Waals surface area contributed by atoms with Gasteiger partial charge in [-0.1, -0.05) is 0 Å². The van der Waals surface area contributed by atoms with Crippen LogP contribution in [0, 0.1) is 0 Å². The molecule has 0 aliphatic heterocycles. The number of rotatable bonds is 4. The Labute approximate surface area is 66.8 Å². The van der Waals surface area contributed by atoms with Crippen molar-refractivity contribution in [2.24, 2.45) is 5.73 Å². The largest absolute Gasteiger partial charge is 0.355 e. The molecule has 0 fully saturated rings. The Bertz CT molecular complexity index is 106. The van der Waals surface area contributed by atoms with Crippen LogP contribution in [0.25, 0.3) is 0 Å². The SMILES string of the molecule is CC(N)CNC(=O)CCS. The molecule has 1 amide bonds. The molecule has 0 saturated carbocycles. The zero-order valence-electron chi connectivity index (χ0n) is 6.13. The highest BCUT2D eigenvalue weighted by Crippen LogP contribution is 1.82. The lowest BCUT2D eigenvalue weighted by molar-refractivity contribution is -0.120. The molecule has 0 spiro atoms. The van der Waals surface area contributed by atoms with Crippen molar-refractivity contribution < 1.29 is 4.79 Å². The predicted octanol–water partition coefficient (Wildman–Crippen LogP) is -0.230. The smallest absolute Gasteiger partial charge is 0.220 e. The van der Waals surface area contributed by atoms with Crippen LogP contribution in [0.1, 0.15) is 13.3 Å². The minimum atomic E-state index is 0.0206. The van der Waals surface area contributed by atoms with E-state index < -0.39 is 0 Å². The van der Waals surface area contributed by atoms with Crippen LogP contribution in [0.15, 0.2) is 0 Å². The van der Waals surface area contributed by atoms with E-state index in [0.29, 0.717) is 18.7 Å². The van der Waals surface area contributed by atoms with Gasteiger partial charge in [0.2, 0.25) is 5.91 Å². The molecule has 0 rings (SSSR count). The summed E-state index contributed by atoms with van der Waals surface area (Å²) in [5, 5.41) is 2.67. The molecule has 0 aromatic carbocycles. The molecular weight excluding hydrogens is 148 g/mol. The van der Waals surface area contributed by atoms with E-state index in [-0.39, 0.29) is 11.9 Å². The highest BCUT2D eigenvalue weighted by molar-refractivity contribution is 7.80. The van der Waals surface area contributed by atoms with Gasteiger partial charge in [0.25, 0.3) is 0 Å². The fourth-order valence-electron chi connectivity index (χ4n) is 0.465. The maximum atomic E-state index is 10.7.